The van der Waals surface area contributed by atoms with Crippen LogP contribution in [0.25, 0.3) is 0 Å². The lowest BCUT2D eigenvalue weighted by Crippen LogP contribution is -2.48. The minimum absolute atomic E-state index is 0.164. The molecule has 2 atom stereocenters. The largest absolute Gasteiger partial charge is 0.387 e. The molecular formula is C20H19N3O3S. The SMILES string of the molecule is O=S1(=O)c2ccccc2C(O)C(Cc2ccncc2)N1Cc1ccncc1. The van der Waals surface area contributed by atoms with E-state index in [1.165, 1.54) is 4.31 Å². The molecule has 1 aliphatic heterocycles. The molecule has 3 heterocycles. The predicted molar refractivity (Wildman–Crippen MR) is 100 cm³/mol. The molecule has 2 aromatic heterocycles. The van der Waals surface area contributed by atoms with Gasteiger partial charge in [-0.2, -0.15) is 4.31 Å². The molecule has 7 heteroatoms. The lowest BCUT2D eigenvalue weighted by Gasteiger charge is -2.39. The molecule has 0 spiro atoms. The van der Waals surface area contributed by atoms with Crippen molar-refractivity contribution >= 4 is 10.0 Å². The Bertz CT molecular complexity index is 1030. The summed E-state index contributed by atoms with van der Waals surface area (Å²) in [7, 11) is -3.75. The zero-order valence-corrected chi connectivity index (χ0v) is 15.3. The zero-order chi connectivity index (χ0) is 18.9. The van der Waals surface area contributed by atoms with Crippen molar-refractivity contribution in [3.05, 3.63) is 90.0 Å². The van der Waals surface area contributed by atoms with E-state index in [2.05, 4.69) is 9.97 Å². The number of rotatable bonds is 4. The first-order valence-corrected chi connectivity index (χ1v) is 10.1. The predicted octanol–water partition coefficient (Wildman–Crippen LogP) is 2.33. The van der Waals surface area contributed by atoms with Crippen molar-refractivity contribution in [3.8, 4) is 0 Å². The van der Waals surface area contributed by atoms with Crippen molar-refractivity contribution in [1.29, 1.82) is 0 Å². The fourth-order valence-corrected chi connectivity index (χ4v) is 5.33. The van der Waals surface area contributed by atoms with Crippen LogP contribution in [-0.2, 0) is 23.0 Å². The normalized spacial score (nSPS) is 21.5. The van der Waals surface area contributed by atoms with Gasteiger partial charge >= 0.3 is 0 Å². The van der Waals surface area contributed by atoms with E-state index in [1.807, 2.05) is 12.1 Å². The van der Waals surface area contributed by atoms with Crippen LogP contribution in [0.15, 0.2) is 78.2 Å². The van der Waals surface area contributed by atoms with E-state index in [9.17, 15) is 13.5 Å². The highest BCUT2D eigenvalue weighted by atomic mass is 32.2. The maximum Gasteiger partial charge on any atom is 0.244 e. The number of benzene rings is 1. The van der Waals surface area contributed by atoms with Gasteiger partial charge in [-0.25, -0.2) is 8.42 Å². The molecule has 1 aromatic carbocycles. The quantitative estimate of drug-likeness (QED) is 0.750. The molecule has 0 saturated heterocycles. The van der Waals surface area contributed by atoms with Gasteiger partial charge in [0.15, 0.2) is 0 Å². The second-order valence-electron chi connectivity index (χ2n) is 6.52. The fourth-order valence-electron chi connectivity index (χ4n) is 3.47. The number of fused-ring (bicyclic) bond motifs is 1. The van der Waals surface area contributed by atoms with Crippen LogP contribution in [-0.4, -0.2) is 33.8 Å². The van der Waals surface area contributed by atoms with E-state index in [0.29, 0.717) is 12.0 Å². The number of aromatic nitrogens is 2. The van der Waals surface area contributed by atoms with Crippen LogP contribution >= 0.6 is 0 Å². The zero-order valence-electron chi connectivity index (χ0n) is 14.5. The van der Waals surface area contributed by atoms with Gasteiger partial charge < -0.3 is 5.11 Å². The first kappa shape index (κ1) is 17.8. The molecule has 2 unspecified atom stereocenters. The third-order valence-electron chi connectivity index (χ3n) is 4.84. The molecule has 3 aromatic rings. The Balaban J connectivity index is 1.80. The summed E-state index contributed by atoms with van der Waals surface area (Å²) in [6.45, 7) is 0.173. The summed E-state index contributed by atoms with van der Waals surface area (Å²) in [6.07, 6.45) is 6.07. The Hall–Kier alpha value is -2.61. The molecule has 0 radical (unpaired) electrons. The van der Waals surface area contributed by atoms with Crippen LogP contribution in [0.2, 0.25) is 0 Å². The Morgan fingerprint density at radius 2 is 1.48 bits per heavy atom. The number of hydrogen-bond donors (Lipinski definition) is 1. The topological polar surface area (TPSA) is 83.4 Å². The molecule has 138 valence electrons. The van der Waals surface area contributed by atoms with E-state index in [1.54, 1.807) is 61.2 Å². The number of aliphatic hydroxyl groups is 1. The van der Waals surface area contributed by atoms with E-state index in [-0.39, 0.29) is 11.4 Å². The lowest BCUT2D eigenvalue weighted by molar-refractivity contribution is 0.0769. The molecule has 6 nitrogen and oxygen atoms in total. The van der Waals surface area contributed by atoms with Crippen LogP contribution in [0.3, 0.4) is 0 Å². The third-order valence-corrected chi connectivity index (χ3v) is 6.79. The van der Waals surface area contributed by atoms with Crippen molar-refractivity contribution in [2.45, 2.75) is 30.0 Å². The summed E-state index contributed by atoms with van der Waals surface area (Å²) in [5.74, 6) is 0. The van der Waals surface area contributed by atoms with Crippen molar-refractivity contribution in [3.63, 3.8) is 0 Å². The smallest absolute Gasteiger partial charge is 0.244 e. The molecule has 0 saturated carbocycles. The lowest BCUT2D eigenvalue weighted by atomic mass is 9.95. The van der Waals surface area contributed by atoms with Crippen molar-refractivity contribution in [2.24, 2.45) is 0 Å². The molecular weight excluding hydrogens is 362 g/mol. The van der Waals surface area contributed by atoms with Crippen LogP contribution < -0.4 is 0 Å². The van der Waals surface area contributed by atoms with Gasteiger partial charge in [-0.3, -0.25) is 9.97 Å². The van der Waals surface area contributed by atoms with Crippen molar-refractivity contribution in [1.82, 2.24) is 14.3 Å². The number of hydrogen-bond acceptors (Lipinski definition) is 5. The first-order valence-electron chi connectivity index (χ1n) is 8.64. The van der Waals surface area contributed by atoms with Gasteiger partial charge in [0.05, 0.1) is 17.0 Å². The molecule has 0 fully saturated rings. The second-order valence-corrected chi connectivity index (χ2v) is 8.37. The van der Waals surface area contributed by atoms with Gasteiger partial charge in [0.25, 0.3) is 0 Å². The Morgan fingerprint density at radius 1 is 0.889 bits per heavy atom. The van der Waals surface area contributed by atoms with Crippen LogP contribution in [0.1, 0.15) is 22.8 Å². The summed E-state index contributed by atoms with van der Waals surface area (Å²) in [5, 5.41) is 11.0. The van der Waals surface area contributed by atoms with Crippen LogP contribution in [0.4, 0.5) is 0 Å². The average Bonchev–Trinajstić information content (AvgIpc) is 2.71. The monoisotopic (exact) mass is 381 g/mol. The molecule has 0 aliphatic carbocycles. The molecule has 27 heavy (non-hydrogen) atoms. The van der Waals surface area contributed by atoms with E-state index >= 15 is 0 Å². The van der Waals surface area contributed by atoms with Gasteiger partial charge in [0.2, 0.25) is 10.0 Å². The number of nitrogens with zero attached hydrogens (tertiary/aromatic N) is 3. The second kappa shape index (κ2) is 7.19. The number of sulfonamides is 1. The van der Waals surface area contributed by atoms with Crippen molar-refractivity contribution in [2.75, 3.05) is 0 Å². The molecule has 1 N–H and O–H groups in total. The van der Waals surface area contributed by atoms with Crippen molar-refractivity contribution < 1.29 is 13.5 Å². The van der Waals surface area contributed by atoms with Gasteiger partial charge in [-0.1, -0.05) is 18.2 Å². The Morgan fingerprint density at radius 3 is 2.15 bits per heavy atom. The van der Waals surface area contributed by atoms with E-state index in [0.717, 1.165) is 11.1 Å². The van der Waals surface area contributed by atoms with Gasteiger partial charge in [0.1, 0.15) is 0 Å². The molecule has 0 bridgehead atoms. The van der Waals surface area contributed by atoms with Gasteiger partial charge in [-0.15, -0.1) is 0 Å². The Labute approximate surface area is 158 Å². The molecule has 1 aliphatic rings. The van der Waals surface area contributed by atoms with Gasteiger partial charge in [0, 0.05) is 36.9 Å². The van der Waals surface area contributed by atoms with E-state index < -0.39 is 22.2 Å². The average molecular weight is 381 g/mol. The van der Waals surface area contributed by atoms with E-state index in [4.69, 9.17) is 0 Å². The Kier molecular flexibility index (Phi) is 4.73. The summed E-state index contributed by atoms with van der Waals surface area (Å²) in [4.78, 5) is 8.16. The summed E-state index contributed by atoms with van der Waals surface area (Å²) >= 11 is 0. The summed E-state index contributed by atoms with van der Waals surface area (Å²) in [6, 6.07) is 13.3. The highest BCUT2D eigenvalue weighted by molar-refractivity contribution is 7.89. The molecule has 0 amide bonds. The maximum atomic E-state index is 13.3. The molecule has 4 rings (SSSR count). The summed E-state index contributed by atoms with van der Waals surface area (Å²) in [5.41, 5.74) is 2.19. The standard InChI is InChI=1S/C20H19N3O3S/c24-20-17-3-1-2-4-19(17)27(25,26)23(14-16-7-11-22-12-8-16)18(20)13-15-5-9-21-10-6-15/h1-12,18,20,24H,13-14H2. The maximum absolute atomic E-state index is 13.3. The van der Waals surface area contributed by atoms with Crippen LogP contribution in [0.5, 0.6) is 0 Å². The van der Waals surface area contributed by atoms with Gasteiger partial charge in [-0.05, 0) is 47.9 Å². The minimum Gasteiger partial charge on any atom is -0.387 e. The summed E-state index contributed by atoms with van der Waals surface area (Å²) < 4.78 is 28.1. The number of pyridine rings is 2. The third kappa shape index (κ3) is 3.37. The van der Waals surface area contributed by atoms with Crippen LogP contribution in [0, 0.1) is 0 Å². The highest BCUT2D eigenvalue weighted by Crippen LogP contribution is 2.38. The minimum atomic E-state index is -3.75. The fraction of sp³-hybridized carbons (Fsp3) is 0.200. The number of aliphatic hydroxyl groups excluding tert-OH is 1. The first-order chi connectivity index (χ1) is 13.1. The highest BCUT2D eigenvalue weighted by Gasteiger charge is 2.43.